The summed E-state index contributed by atoms with van der Waals surface area (Å²) in [6, 6.07) is 0. The Bertz CT molecular complexity index is 153. The van der Waals surface area contributed by atoms with E-state index in [0.29, 0.717) is 6.54 Å². The molecule has 1 fully saturated rings. The van der Waals surface area contributed by atoms with E-state index in [4.69, 9.17) is 0 Å². The molecule has 1 saturated heterocycles. The van der Waals surface area contributed by atoms with Gasteiger partial charge in [-0.05, 0) is 19.4 Å². The molecule has 90 valence electrons. The summed E-state index contributed by atoms with van der Waals surface area (Å²) in [6.07, 6.45) is 10.4. The summed E-state index contributed by atoms with van der Waals surface area (Å²) < 4.78 is 13.9. The van der Waals surface area contributed by atoms with Crippen molar-refractivity contribution in [3.63, 3.8) is 0 Å². The topological polar surface area (TPSA) is 12.0 Å². The number of nitrogens with one attached hydrogen (secondary N) is 1. The van der Waals surface area contributed by atoms with Crippen LogP contribution in [0.5, 0.6) is 0 Å². The largest absolute Gasteiger partial charge is 0.313 e. The van der Waals surface area contributed by atoms with Gasteiger partial charge in [-0.25, -0.2) is 4.39 Å². The van der Waals surface area contributed by atoms with Gasteiger partial charge in [0.05, 0.1) is 0 Å². The normalized spacial score (nSPS) is 26.0. The van der Waals surface area contributed by atoms with Gasteiger partial charge in [0.25, 0.3) is 0 Å². The molecule has 0 spiro atoms. The average molecular weight is 215 g/mol. The zero-order chi connectivity index (χ0) is 11.0. The van der Waals surface area contributed by atoms with Crippen LogP contribution in [-0.2, 0) is 0 Å². The molecule has 1 N–H and O–H groups in total. The van der Waals surface area contributed by atoms with Gasteiger partial charge in [0.2, 0.25) is 0 Å². The highest BCUT2D eigenvalue weighted by molar-refractivity contribution is 4.87. The molecular weight excluding hydrogens is 189 g/mol. The van der Waals surface area contributed by atoms with Crippen LogP contribution < -0.4 is 5.32 Å². The minimum atomic E-state index is -0.872. The Morgan fingerprint density at radius 2 is 1.73 bits per heavy atom. The molecule has 0 aliphatic carbocycles. The second-order valence-electron chi connectivity index (χ2n) is 4.95. The molecule has 15 heavy (non-hydrogen) atoms. The van der Waals surface area contributed by atoms with Crippen molar-refractivity contribution >= 4 is 0 Å². The smallest absolute Gasteiger partial charge is 0.124 e. The molecule has 1 heterocycles. The first-order valence-corrected chi connectivity index (χ1v) is 6.66. The van der Waals surface area contributed by atoms with E-state index >= 15 is 0 Å². The molecule has 0 aromatic carbocycles. The van der Waals surface area contributed by atoms with E-state index in [0.717, 1.165) is 25.8 Å². The van der Waals surface area contributed by atoms with Gasteiger partial charge in [0.1, 0.15) is 5.67 Å². The molecule has 1 atom stereocenters. The SMILES string of the molecule is CCCCCCCCCC1(F)CCNC1. The van der Waals surface area contributed by atoms with Crippen LogP contribution in [-0.4, -0.2) is 18.8 Å². The molecule has 0 saturated carbocycles. The van der Waals surface area contributed by atoms with Gasteiger partial charge in [-0.3, -0.25) is 0 Å². The molecule has 1 nitrogen and oxygen atoms in total. The van der Waals surface area contributed by atoms with Crippen LogP contribution in [0.15, 0.2) is 0 Å². The monoisotopic (exact) mass is 215 g/mol. The van der Waals surface area contributed by atoms with Gasteiger partial charge < -0.3 is 5.32 Å². The molecule has 1 rings (SSSR count). The zero-order valence-electron chi connectivity index (χ0n) is 10.2. The first-order chi connectivity index (χ1) is 7.27. The second kappa shape index (κ2) is 7.21. The first kappa shape index (κ1) is 13.0. The summed E-state index contributed by atoms with van der Waals surface area (Å²) in [5.74, 6) is 0. The maximum Gasteiger partial charge on any atom is 0.124 e. The average Bonchev–Trinajstić information content (AvgIpc) is 2.64. The Morgan fingerprint density at radius 3 is 2.33 bits per heavy atom. The number of hydrogen-bond donors (Lipinski definition) is 1. The van der Waals surface area contributed by atoms with Crippen molar-refractivity contribution in [1.29, 1.82) is 0 Å². The van der Waals surface area contributed by atoms with Crippen molar-refractivity contribution in [3.05, 3.63) is 0 Å². The standard InChI is InChI=1S/C13H26FN/c1-2-3-4-5-6-7-8-9-13(14)10-11-15-12-13/h15H,2-12H2,1H3. The van der Waals surface area contributed by atoms with Crippen LogP contribution in [0.25, 0.3) is 0 Å². The zero-order valence-corrected chi connectivity index (χ0v) is 10.2. The van der Waals surface area contributed by atoms with Crippen molar-refractivity contribution in [2.75, 3.05) is 13.1 Å². The van der Waals surface area contributed by atoms with Gasteiger partial charge in [0, 0.05) is 6.54 Å². The third-order valence-corrected chi connectivity index (χ3v) is 3.42. The van der Waals surface area contributed by atoms with E-state index in [1.165, 1.54) is 38.5 Å². The molecule has 0 aromatic rings. The summed E-state index contributed by atoms with van der Waals surface area (Å²) in [6.45, 7) is 3.69. The molecule has 0 bridgehead atoms. The lowest BCUT2D eigenvalue weighted by molar-refractivity contribution is 0.170. The van der Waals surface area contributed by atoms with Crippen LogP contribution in [0.1, 0.15) is 64.7 Å². The van der Waals surface area contributed by atoms with Crippen LogP contribution in [0.3, 0.4) is 0 Å². The van der Waals surface area contributed by atoms with Crippen LogP contribution in [0, 0.1) is 0 Å². The quantitative estimate of drug-likeness (QED) is 0.607. The van der Waals surface area contributed by atoms with Crippen molar-refractivity contribution < 1.29 is 4.39 Å². The van der Waals surface area contributed by atoms with Crippen molar-refractivity contribution in [1.82, 2.24) is 5.32 Å². The first-order valence-electron chi connectivity index (χ1n) is 6.66. The maximum atomic E-state index is 13.9. The summed E-state index contributed by atoms with van der Waals surface area (Å²) in [4.78, 5) is 0. The fourth-order valence-electron chi connectivity index (χ4n) is 2.33. The molecule has 2 heteroatoms. The second-order valence-corrected chi connectivity index (χ2v) is 4.95. The van der Waals surface area contributed by atoms with Crippen LogP contribution >= 0.6 is 0 Å². The lowest BCUT2D eigenvalue weighted by Gasteiger charge is -2.17. The molecule has 0 radical (unpaired) electrons. The van der Waals surface area contributed by atoms with Gasteiger partial charge in [0.15, 0.2) is 0 Å². The van der Waals surface area contributed by atoms with E-state index in [-0.39, 0.29) is 0 Å². The Labute approximate surface area is 93.8 Å². The van der Waals surface area contributed by atoms with E-state index in [9.17, 15) is 4.39 Å². The van der Waals surface area contributed by atoms with Crippen molar-refractivity contribution in [3.8, 4) is 0 Å². The van der Waals surface area contributed by atoms with Crippen molar-refractivity contribution in [2.45, 2.75) is 70.4 Å². The fraction of sp³-hybridized carbons (Fsp3) is 1.00. The van der Waals surface area contributed by atoms with Gasteiger partial charge >= 0.3 is 0 Å². The number of unbranched alkanes of at least 4 members (excludes halogenated alkanes) is 6. The van der Waals surface area contributed by atoms with E-state index in [1.54, 1.807) is 0 Å². The number of alkyl halides is 1. The van der Waals surface area contributed by atoms with Gasteiger partial charge in [-0.1, -0.05) is 51.9 Å². The predicted molar refractivity (Wildman–Crippen MR) is 63.9 cm³/mol. The Hall–Kier alpha value is -0.110. The van der Waals surface area contributed by atoms with E-state index in [1.807, 2.05) is 0 Å². The summed E-state index contributed by atoms with van der Waals surface area (Å²) in [5.41, 5.74) is -0.872. The molecular formula is C13H26FN. The van der Waals surface area contributed by atoms with Crippen LogP contribution in [0.2, 0.25) is 0 Å². The third kappa shape index (κ3) is 5.50. The van der Waals surface area contributed by atoms with Gasteiger partial charge in [-0.15, -0.1) is 0 Å². The summed E-state index contributed by atoms with van der Waals surface area (Å²) in [5, 5.41) is 3.11. The highest BCUT2D eigenvalue weighted by Gasteiger charge is 2.32. The minimum absolute atomic E-state index is 0.586. The lowest BCUT2D eigenvalue weighted by atomic mass is 9.96. The minimum Gasteiger partial charge on any atom is -0.313 e. The Kier molecular flexibility index (Phi) is 6.23. The highest BCUT2D eigenvalue weighted by Crippen LogP contribution is 2.26. The molecule has 0 aromatic heterocycles. The van der Waals surface area contributed by atoms with Crippen molar-refractivity contribution in [2.24, 2.45) is 0 Å². The predicted octanol–water partition coefficient (Wildman–Crippen LogP) is 3.83. The highest BCUT2D eigenvalue weighted by atomic mass is 19.1. The molecule has 1 aliphatic rings. The summed E-state index contributed by atoms with van der Waals surface area (Å²) >= 11 is 0. The molecule has 1 unspecified atom stereocenters. The van der Waals surface area contributed by atoms with Crippen LogP contribution in [0.4, 0.5) is 4.39 Å². The Morgan fingerprint density at radius 1 is 1.07 bits per heavy atom. The molecule has 0 amide bonds. The number of halogens is 1. The van der Waals surface area contributed by atoms with E-state index in [2.05, 4.69) is 12.2 Å². The number of rotatable bonds is 8. The van der Waals surface area contributed by atoms with E-state index < -0.39 is 5.67 Å². The Balaban J connectivity index is 1.88. The lowest BCUT2D eigenvalue weighted by Crippen LogP contribution is -2.25. The van der Waals surface area contributed by atoms with Gasteiger partial charge in [-0.2, -0.15) is 0 Å². The maximum absolute atomic E-state index is 13.9. The third-order valence-electron chi connectivity index (χ3n) is 3.42. The number of hydrogen-bond acceptors (Lipinski definition) is 1. The summed E-state index contributed by atoms with van der Waals surface area (Å²) in [7, 11) is 0. The molecule has 1 aliphatic heterocycles. The fourth-order valence-corrected chi connectivity index (χ4v) is 2.33.